The lowest BCUT2D eigenvalue weighted by atomic mass is 10.2. The molecule has 19 heavy (non-hydrogen) atoms. The highest BCUT2D eigenvalue weighted by atomic mass is 79.9. The number of nitrogens with one attached hydrogen (secondary N) is 2. The van der Waals surface area contributed by atoms with Crippen molar-refractivity contribution in [2.24, 2.45) is 0 Å². The van der Waals surface area contributed by atoms with Crippen LogP contribution in [0.2, 0.25) is 0 Å². The minimum absolute atomic E-state index is 0.168. The number of carbonyl (C=O) groups is 1. The molecule has 0 bridgehead atoms. The molecule has 0 saturated heterocycles. The Balaban J connectivity index is 2.13. The quantitative estimate of drug-likeness (QED) is 0.911. The molecule has 1 amide bonds. The smallest absolute Gasteiger partial charge is 0.222 e. The molecule has 98 valence electrons. The van der Waals surface area contributed by atoms with Gasteiger partial charge in [0.1, 0.15) is 0 Å². The Hall–Kier alpha value is -1.95. The monoisotopic (exact) mass is 320 g/mol. The summed E-state index contributed by atoms with van der Waals surface area (Å²) in [4.78, 5) is 10.9. The molecule has 2 rings (SSSR count). The van der Waals surface area contributed by atoms with E-state index < -0.39 is 0 Å². The molecule has 0 aliphatic rings. The summed E-state index contributed by atoms with van der Waals surface area (Å²) in [5.41, 5.74) is 2.06. The fraction of sp³-hybridized carbons (Fsp3) is 0.154. The third kappa shape index (κ3) is 3.75. The van der Waals surface area contributed by atoms with Crippen molar-refractivity contribution in [3.8, 4) is 0 Å². The maximum absolute atomic E-state index is 10.9. The Morgan fingerprint density at radius 3 is 2.42 bits per heavy atom. The molecule has 2 aromatic rings. The third-order valence-electron chi connectivity index (χ3n) is 2.42. The Labute approximate surface area is 119 Å². The number of halogens is 1. The van der Waals surface area contributed by atoms with E-state index in [4.69, 9.17) is 0 Å². The zero-order valence-electron chi connectivity index (χ0n) is 10.6. The van der Waals surface area contributed by atoms with Gasteiger partial charge in [-0.25, -0.2) is 0 Å². The SMILES string of the molecule is CC(=O)Nc1ccc(Nc2ccc(Br)cc2C)nn1. The summed E-state index contributed by atoms with van der Waals surface area (Å²) < 4.78 is 1.03. The topological polar surface area (TPSA) is 66.9 Å². The zero-order valence-corrected chi connectivity index (χ0v) is 12.2. The third-order valence-corrected chi connectivity index (χ3v) is 2.91. The van der Waals surface area contributed by atoms with E-state index in [0.717, 1.165) is 15.7 Å². The standard InChI is InChI=1S/C13H13BrN4O/c1-8-7-10(14)3-4-11(8)16-13-6-5-12(17-18-13)15-9(2)19/h3-7H,1-2H3,(H,16,18)(H,15,17,19). The molecule has 0 atom stereocenters. The van der Waals surface area contributed by atoms with Gasteiger partial charge in [-0.3, -0.25) is 4.79 Å². The lowest BCUT2D eigenvalue weighted by molar-refractivity contribution is -0.114. The number of aryl methyl sites for hydroxylation is 1. The zero-order chi connectivity index (χ0) is 13.8. The molecular weight excluding hydrogens is 308 g/mol. The fourth-order valence-corrected chi connectivity index (χ4v) is 2.03. The Morgan fingerprint density at radius 2 is 1.84 bits per heavy atom. The highest BCUT2D eigenvalue weighted by Crippen LogP contribution is 2.22. The van der Waals surface area contributed by atoms with Gasteiger partial charge in [0.25, 0.3) is 0 Å². The maximum atomic E-state index is 10.9. The summed E-state index contributed by atoms with van der Waals surface area (Å²) >= 11 is 3.42. The number of amides is 1. The van der Waals surface area contributed by atoms with Crippen LogP contribution >= 0.6 is 15.9 Å². The summed E-state index contributed by atoms with van der Waals surface area (Å²) in [6.45, 7) is 3.44. The summed E-state index contributed by atoms with van der Waals surface area (Å²) in [6, 6.07) is 9.39. The number of benzene rings is 1. The summed E-state index contributed by atoms with van der Waals surface area (Å²) in [6.07, 6.45) is 0. The van der Waals surface area contributed by atoms with Crippen molar-refractivity contribution in [1.82, 2.24) is 10.2 Å². The molecule has 1 heterocycles. The van der Waals surface area contributed by atoms with E-state index in [9.17, 15) is 4.79 Å². The number of anilines is 3. The van der Waals surface area contributed by atoms with E-state index in [1.165, 1.54) is 6.92 Å². The summed E-state index contributed by atoms with van der Waals surface area (Å²) in [5.74, 6) is 0.892. The minimum Gasteiger partial charge on any atom is -0.339 e. The molecule has 5 nitrogen and oxygen atoms in total. The average Bonchev–Trinajstić information content (AvgIpc) is 2.34. The van der Waals surface area contributed by atoms with Crippen molar-refractivity contribution in [3.05, 3.63) is 40.4 Å². The van der Waals surface area contributed by atoms with Crippen molar-refractivity contribution < 1.29 is 4.79 Å². The number of aromatic nitrogens is 2. The second kappa shape index (κ2) is 5.79. The Kier molecular flexibility index (Phi) is 4.11. The average molecular weight is 321 g/mol. The predicted molar refractivity (Wildman–Crippen MR) is 78.5 cm³/mol. The van der Waals surface area contributed by atoms with Gasteiger partial charge in [-0.15, -0.1) is 10.2 Å². The Bertz CT molecular complexity index is 598. The molecule has 0 aliphatic heterocycles. The first-order chi connectivity index (χ1) is 9.04. The maximum Gasteiger partial charge on any atom is 0.222 e. The van der Waals surface area contributed by atoms with Gasteiger partial charge in [0.2, 0.25) is 5.91 Å². The van der Waals surface area contributed by atoms with Crippen LogP contribution in [0.5, 0.6) is 0 Å². The minimum atomic E-state index is -0.168. The van der Waals surface area contributed by atoms with Gasteiger partial charge in [-0.2, -0.15) is 0 Å². The lowest BCUT2D eigenvalue weighted by Gasteiger charge is -2.09. The van der Waals surface area contributed by atoms with Crippen LogP contribution in [-0.4, -0.2) is 16.1 Å². The fourth-order valence-electron chi connectivity index (χ4n) is 1.55. The molecule has 0 spiro atoms. The number of carbonyl (C=O) groups excluding carboxylic acids is 1. The van der Waals surface area contributed by atoms with E-state index in [-0.39, 0.29) is 5.91 Å². The molecule has 0 radical (unpaired) electrons. The van der Waals surface area contributed by atoms with Crippen molar-refractivity contribution in [2.45, 2.75) is 13.8 Å². The van der Waals surface area contributed by atoms with Crippen LogP contribution in [0.3, 0.4) is 0 Å². The molecule has 2 N–H and O–H groups in total. The van der Waals surface area contributed by atoms with Crippen LogP contribution in [-0.2, 0) is 4.79 Å². The normalized spacial score (nSPS) is 10.1. The number of hydrogen-bond acceptors (Lipinski definition) is 4. The van der Waals surface area contributed by atoms with Gasteiger partial charge in [-0.05, 0) is 42.8 Å². The van der Waals surface area contributed by atoms with Crippen molar-refractivity contribution in [2.75, 3.05) is 10.6 Å². The molecule has 1 aromatic heterocycles. The van der Waals surface area contributed by atoms with Crippen LogP contribution < -0.4 is 10.6 Å². The number of nitrogens with zero attached hydrogens (tertiary/aromatic N) is 2. The van der Waals surface area contributed by atoms with Gasteiger partial charge in [0, 0.05) is 17.1 Å². The van der Waals surface area contributed by atoms with Crippen molar-refractivity contribution >= 4 is 39.2 Å². The molecule has 1 aromatic carbocycles. The van der Waals surface area contributed by atoms with E-state index in [1.807, 2.05) is 25.1 Å². The van der Waals surface area contributed by atoms with Crippen LogP contribution in [0.15, 0.2) is 34.8 Å². The first kappa shape index (κ1) is 13.5. The van der Waals surface area contributed by atoms with Crippen LogP contribution in [0.25, 0.3) is 0 Å². The second-order valence-corrected chi connectivity index (χ2v) is 4.98. The summed E-state index contributed by atoms with van der Waals surface area (Å²) in [7, 11) is 0. The molecular formula is C13H13BrN4O. The van der Waals surface area contributed by atoms with E-state index in [1.54, 1.807) is 12.1 Å². The predicted octanol–water partition coefficient (Wildman–Crippen LogP) is 3.25. The van der Waals surface area contributed by atoms with Gasteiger partial charge in [0.05, 0.1) is 0 Å². The highest BCUT2D eigenvalue weighted by molar-refractivity contribution is 9.10. The van der Waals surface area contributed by atoms with E-state index in [0.29, 0.717) is 11.6 Å². The van der Waals surface area contributed by atoms with E-state index >= 15 is 0 Å². The number of rotatable bonds is 3. The van der Waals surface area contributed by atoms with Gasteiger partial charge in [0.15, 0.2) is 11.6 Å². The van der Waals surface area contributed by atoms with Gasteiger partial charge >= 0.3 is 0 Å². The first-order valence-corrected chi connectivity index (χ1v) is 6.48. The van der Waals surface area contributed by atoms with Gasteiger partial charge < -0.3 is 10.6 Å². The molecule has 6 heteroatoms. The molecule has 0 aliphatic carbocycles. The highest BCUT2D eigenvalue weighted by Gasteiger charge is 2.02. The lowest BCUT2D eigenvalue weighted by Crippen LogP contribution is -2.08. The second-order valence-electron chi connectivity index (χ2n) is 4.07. The van der Waals surface area contributed by atoms with Crippen LogP contribution in [0.4, 0.5) is 17.3 Å². The van der Waals surface area contributed by atoms with Crippen LogP contribution in [0.1, 0.15) is 12.5 Å². The molecule has 0 saturated carbocycles. The van der Waals surface area contributed by atoms with Crippen molar-refractivity contribution in [1.29, 1.82) is 0 Å². The largest absolute Gasteiger partial charge is 0.339 e. The van der Waals surface area contributed by atoms with Crippen LogP contribution in [0, 0.1) is 6.92 Å². The first-order valence-electron chi connectivity index (χ1n) is 5.69. The van der Waals surface area contributed by atoms with Crippen molar-refractivity contribution in [3.63, 3.8) is 0 Å². The van der Waals surface area contributed by atoms with Gasteiger partial charge in [-0.1, -0.05) is 15.9 Å². The number of hydrogen-bond donors (Lipinski definition) is 2. The molecule has 0 fully saturated rings. The Morgan fingerprint density at radius 1 is 1.16 bits per heavy atom. The van der Waals surface area contributed by atoms with E-state index in [2.05, 4.69) is 36.8 Å². The summed E-state index contributed by atoms with van der Waals surface area (Å²) in [5, 5.41) is 13.7. The molecule has 0 unspecified atom stereocenters.